The number of pyridine rings is 1. The molecule has 1 saturated carbocycles. The van der Waals surface area contributed by atoms with Gasteiger partial charge in [-0.2, -0.15) is 0 Å². The van der Waals surface area contributed by atoms with Crippen molar-refractivity contribution >= 4 is 18.3 Å². The van der Waals surface area contributed by atoms with E-state index in [1.54, 1.807) is 0 Å². The van der Waals surface area contributed by atoms with Crippen LogP contribution in [0, 0.1) is 5.92 Å². The highest BCUT2D eigenvalue weighted by molar-refractivity contribution is 5.85. The Kier molecular flexibility index (Phi) is 7.31. The Morgan fingerprint density at radius 3 is 2.74 bits per heavy atom. The van der Waals surface area contributed by atoms with Crippen LogP contribution in [0.15, 0.2) is 24.4 Å². The highest BCUT2D eigenvalue weighted by Crippen LogP contribution is 2.31. The first-order valence-corrected chi connectivity index (χ1v) is 8.73. The van der Waals surface area contributed by atoms with Gasteiger partial charge in [0.15, 0.2) is 0 Å². The molecule has 1 aromatic rings. The van der Waals surface area contributed by atoms with Crippen LogP contribution in [0.4, 0.5) is 0 Å². The van der Waals surface area contributed by atoms with Gasteiger partial charge < -0.3 is 10.2 Å². The minimum absolute atomic E-state index is 0. The summed E-state index contributed by atoms with van der Waals surface area (Å²) >= 11 is 0. The largest absolute Gasteiger partial charge is 0.334 e. The highest BCUT2D eigenvalue weighted by Gasteiger charge is 2.28. The Balaban J connectivity index is 0.00000192. The number of carbonyl (C=O) groups excluding carboxylic acids is 1. The van der Waals surface area contributed by atoms with Crippen molar-refractivity contribution in [3.05, 3.63) is 30.1 Å². The Morgan fingerprint density at radius 2 is 2.04 bits per heavy atom. The van der Waals surface area contributed by atoms with E-state index in [0.29, 0.717) is 24.4 Å². The van der Waals surface area contributed by atoms with Crippen LogP contribution in [0.2, 0.25) is 0 Å². The molecule has 23 heavy (non-hydrogen) atoms. The average molecular weight is 338 g/mol. The first kappa shape index (κ1) is 18.2. The molecule has 1 unspecified atom stereocenters. The van der Waals surface area contributed by atoms with E-state index in [9.17, 15) is 4.79 Å². The molecule has 1 saturated heterocycles. The normalized spacial score (nSPS) is 21.7. The lowest BCUT2D eigenvalue weighted by atomic mass is 9.82. The molecule has 1 aromatic heterocycles. The third-order valence-electron chi connectivity index (χ3n) is 5.05. The van der Waals surface area contributed by atoms with Crippen molar-refractivity contribution in [2.24, 2.45) is 5.92 Å². The number of carbonyl (C=O) groups is 1. The quantitative estimate of drug-likeness (QED) is 0.897. The molecule has 1 atom stereocenters. The molecule has 1 aliphatic heterocycles. The van der Waals surface area contributed by atoms with Gasteiger partial charge in [0.25, 0.3) is 0 Å². The fraction of sp³-hybridized carbons (Fsp3) is 0.667. The summed E-state index contributed by atoms with van der Waals surface area (Å²) in [5.74, 6) is 0.963. The van der Waals surface area contributed by atoms with E-state index in [1.807, 2.05) is 24.4 Å². The third-order valence-corrected chi connectivity index (χ3v) is 5.05. The summed E-state index contributed by atoms with van der Waals surface area (Å²) in [7, 11) is 0. The van der Waals surface area contributed by atoms with Crippen molar-refractivity contribution < 1.29 is 4.79 Å². The van der Waals surface area contributed by atoms with E-state index in [-0.39, 0.29) is 12.4 Å². The lowest BCUT2D eigenvalue weighted by Gasteiger charge is -2.34. The van der Waals surface area contributed by atoms with Gasteiger partial charge >= 0.3 is 0 Å². The summed E-state index contributed by atoms with van der Waals surface area (Å²) in [6, 6.07) is 6.33. The first-order chi connectivity index (χ1) is 10.8. The van der Waals surface area contributed by atoms with E-state index in [0.717, 1.165) is 44.5 Å². The monoisotopic (exact) mass is 337 g/mol. The number of hydrogen-bond donors (Lipinski definition) is 1. The number of hydrogen-bond acceptors (Lipinski definition) is 3. The van der Waals surface area contributed by atoms with Crippen LogP contribution >= 0.6 is 12.4 Å². The van der Waals surface area contributed by atoms with Crippen molar-refractivity contribution in [2.75, 3.05) is 13.1 Å². The minimum atomic E-state index is 0. The van der Waals surface area contributed by atoms with Gasteiger partial charge in [0.2, 0.25) is 5.91 Å². The molecular formula is C18H28ClN3O. The van der Waals surface area contributed by atoms with E-state index in [2.05, 4.69) is 15.2 Å². The smallest absolute Gasteiger partial charge is 0.223 e. The Hall–Kier alpha value is -1.13. The standard InChI is InChI=1S/C18H27N3O.ClH/c22-18(13-15-5-3-6-15)21(14-16-7-1-2-11-20-16)17-8-4-10-19-12-9-17;/h1-2,7,11,15,17,19H,3-6,8-10,12-14H2;1H. The van der Waals surface area contributed by atoms with Crippen LogP contribution < -0.4 is 5.32 Å². The summed E-state index contributed by atoms with van der Waals surface area (Å²) in [4.78, 5) is 19.4. The van der Waals surface area contributed by atoms with E-state index >= 15 is 0 Å². The van der Waals surface area contributed by atoms with Gasteiger partial charge in [0.1, 0.15) is 0 Å². The van der Waals surface area contributed by atoms with Crippen LogP contribution in [0.3, 0.4) is 0 Å². The van der Waals surface area contributed by atoms with Crippen molar-refractivity contribution in [1.82, 2.24) is 15.2 Å². The lowest BCUT2D eigenvalue weighted by molar-refractivity contribution is -0.136. The average Bonchev–Trinajstić information content (AvgIpc) is 2.78. The summed E-state index contributed by atoms with van der Waals surface area (Å²) < 4.78 is 0. The van der Waals surface area contributed by atoms with Gasteiger partial charge in [-0.3, -0.25) is 9.78 Å². The molecule has 2 aliphatic rings. The fourth-order valence-corrected chi connectivity index (χ4v) is 3.46. The van der Waals surface area contributed by atoms with Gasteiger partial charge in [-0.1, -0.05) is 12.5 Å². The van der Waals surface area contributed by atoms with Gasteiger partial charge in [0, 0.05) is 18.7 Å². The van der Waals surface area contributed by atoms with Crippen molar-refractivity contribution in [3.8, 4) is 0 Å². The van der Waals surface area contributed by atoms with Gasteiger partial charge in [0.05, 0.1) is 12.2 Å². The number of halogens is 1. The van der Waals surface area contributed by atoms with Crippen LogP contribution in [-0.2, 0) is 11.3 Å². The topological polar surface area (TPSA) is 45.2 Å². The minimum Gasteiger partial charge on any atom is -0.334 e. The van der Waals surface area contributed by atoms with Gasteiger partial charge in [-0.15, -0.1) is 12.4 Å². The fourth-order valence-electron chi connectivity index (χ4n) is 3.46. The molecule has 2 fully saturated rings. The zero-order chi connectivity index (χ0) is 15.2. The number of aromatic nitrogens is 1. The summed E-state index contributed by atoms with van der Waals surface area (Å²) in [5.41, 5.74) is 1.00. The van der Waals surface area contributed by atoms with E-state index < -0.39 is 0 Å². The second-order valence-corrected chi connectivity index (χ2v) is 6.68. The molecule has 1 amide bonds. The molecule has 1 N–H and O–H groups in total. The molecule has 0 spiro atoms. The van der Waals surface area contributed by atoms with Crippen LogP contribution in [0.25, 0.3) is 0 Å². The molecule has 0 radical (unpaired) electrons. The molecule has 1 aliphatic carbocycles. The number of nitrogens with one attached hydrogen (secondary N) is 1. The van der Waals surface area contributed by atoms with E-state index in [4.69, 9.17) is 0 Å². The molecule has 3 rings (SSSR count). The zero-order valence-corrected chi connectivity index (χ0v) is 14.6. The number of amides is 1. The Morgan fingerprint density at radius 1 is 1.17 bits per heavy atom. The molecule has 5 heteroatoms. The van der Waals surface area contributed by atoms with Crippen LogP contribution in [-0.4, -0.2) is 34.9 Å². The highest BCUT2D eigenvalue weighted by atomic mass is 35.5. The zero-order valence-electron chi connectivity index (χ0n) is 13.7. The predicted molar refractivity (Wildman–Crippen MR) is 94.5 cm³/mol. The number of nitrogens with zero attached hydrogens (tertiary/aromatic N) is 2. The second-order valence-electron chi connectivity index (χ2n) is 6.68. The SMILES string of the molecule is Cl.O=C(CC1CCC1)N(Cc1ccccn1)C1CCCNCC1. The van der Waals surface area contributed by atoms with Gasteiger partial charge in [-0.25, -0.2) is 0 Å². The maximum atomic E-state index is 12.8. The summed E-state index contributed by atoms with van der Waals surface area (Å²) in [6.45, 7) is 2.75. The molecular weight excluding hydrogens is 310 g/mol. The lowest BCUT2D eigenvalue weighted by Crippen LogP contribution is -2.41. The first-order valence-electron chi connectivity index (χ1n) is 8.73. The van der Waals surface area contributed by atoms with Crippen molar-refractivity contribution in [2.45, 2.75) is 57.5 Å². The van der Waals surface area contributed by atoms with Crippen molar-refractivity contribution in [1.29, 1.82) is 0 Å². The van der Waals surface area contributed by atoms with Crippen LogP contribution in [0.5, 0.6) is 0 Å². The van der Waals surface area contributed by atoms with Crippen LogP contribution in [0.1, 0.15) is 50.6 Å². The van der Waals surface area contributed by atoms with Crippen molar-refractivity contribution in [3.63, 3.8) is 0 Å². The molecule has 0 aromatic carbocycles. The third kappa shape index (κ3) is 5.18. The maximum absolute atomic E-state index is 12.8. The molecule has 128 valence electrons. The Bertz CT molecular complexity index is 470. The molecule has 0 bridgehead atoms. The second kappa shape index (κ2) is 9.24. The summed E-state index contributed by atoms with van der Waals surface area (Å²) in [6.07, 6.45) is 9.63. The predicted octanol–water partition coefficient (Wildman–Crippen LogP) is 3.16. The van der Waals surface area contributed by atoms with E-state index in [1.165, 1.54) is 19.3 Å². The number of rotatable bonds is 5. The molecule has 2 heterocycles. The maximum Gasteiger partial charge on any atom is 0.223 e. The van der Waals surface area contributed by atoms with Gasteiger partial charge in [-0.05, 0) is 63.2 Å². The molecule has 4 nitrogen and oxygen atoms in total. The Labute approximate surface area is 145 Å². The summed E-state index contributed by atoms with van der Waals surface area (Å²) in [5, 5.41) is 3.44.